The monoisotopic (exact) mass is 339 g/mol. The lowest BCUT2D eigenvalue weighted by Gasteiger charge is -2.10. The van der Waals surface area contributed by atoms with Gasteiger partial charge in [0.15, 0.2) is 0 Å². The highest BCUT2D eigenvalue weighted by Gasteiger charge is 2.11. The first-order valence-corrected chi connectivity index (χ1v) is 8.51. The van der Waals surface area contributed by atoms with Crippen molar-refractivity contribution in [3.8, 4) is 16.5 Å². The molecule has 122 valence electrons. The van der Waals surface area contributed by atoms with Crippen molar-refractivity contribution in [2.75, 3.05) is 11.9 Å². The van der Waals surface area contributed by atoms with Crippen molar-refractivity contribution in [1.82, 2.24) is 9.97 Å². The van der Waals surface area contributed by atoms with E-state index in [2.05, 4.69) is 15.3 Å². The number of carbonyl (C=O) groups is 1. The predicted molar refractivity (Wildman–Crippen MR) is 95.3 cm³/mol. The van der Waals surface area contributed by atoms with Gasteiger partial charge in [0.05, 0.1) is 30.1 Å². The Balaban J connectivity index is 1.67. The maximum Gasteiger partial charge on any atom is 0.230 e. The number of ether oxygens (including phenoxy) is 1. The third kappa shape index (κ3) is 3.97. The molecule has 1 aromatic carbocycles. The van der Waals surface area contributed by atoms with Crippen molar-refractivity contribution in [3.63, 3.8) is 0 Å². The van der Waals surface area contributed by atoms with E-state index in [4.69, 9.17) is 4.74 Å². The molecule has 3 rings (SSSR count). The topological polar surface area (TPSA) is 64.1 Å². The molecule has 0 atom stereocenters. The molecule has 3 aromatic rings. The van der Waals surface area contributed by atoms with Crippen LogP contribution in [0.4, 0.5) is 5.69 Å². The fourth-order valence-corrected chi connectivity index (χ4v) is 3.00. The quantitative estimate of drug-likeness (QED) is 0.742. The van der Waals surface area contributed by atoms with Gasteiger partial charge in [0.25, 0.3) is 0 Å². The van der Waals surface area contributed by atoms with Gasteiger partial charge >= 0.3 is 0 Å². The fraction of sp³-hybridized carbons (Fsp3) is 0.167. The number of para-hydroxylation sites is 2. The summed E-state index contributed by atoms with van der Waals surface area (Å²) < 4.78 is 5.51. The maximum atomic E-state index is 12.3. The van der Waals surface area contributed by atoms with Gasteiger partial charge in [0.1, 0.15) is 10.8 Å². The van der Waals surface area contributed by atoms with Crippen LogP contribution in [0.1, 0.15) is 12.6 Å². The largest absolute Gasteiger partial charge is 0.492 e. The summed E-state index contributed by atoms with van der Waals surface area (Å²) in [5.41, 5.74) is 2.22. The molecule has 0 spiro atoms. The molecule has 0 fully saturated rings. The highest BCUT2D eigenvalue weighted by molar-refractivity contribution is 7.13. The molecule has 2 aromatic heterocycles. The number of benzene rings is 1. The molecule has 0 aliphatic carbocycles. The zero-order valence-corrected chi connectivity index (χ0v) is 14.0. The normalized spacial score (nSPS) is 10.4. The maximum absolute atomic E-state index is 12.3. The zero-order valence-electron chi connectivity index (χ0n) is 13.2. The van der Waals surface area contributed by atoms with E-state index >= 15 is 0 Å². The van der Waals surface area contributed by atoms with Gasteiger partial charge in [-0.3, -0.25) is 9.78 Å². The van der Waals surface area contributed by atoms with Crippen LogP contribution in [0.15, 0.2) is 54.0 Å². The summed E-state index contributed by atoms with van der Waals surface area (Å²) in [4.78, 5) is 21.0. The average Bonchev–Trinajstić information content (AvgIpc) is 3.06. The number of hydrogen-bond donors (Lipinski definition) is 1. The van der Waals surface area contributed by atoms with Crippen LogP contribution in [-0.2, 0) is 11.2 Å². The Morgan fingerprint density at radius 2 is 2.04 bits per heavy atom. The Labute approximate surface area is 144 Å². The second-order valence-electron chi connectivity index (χ2n) is 5.01. The van der Waals surface area contributed by atoms with Gasteiger partial charge in [0.2, 0.25) is 5.91 Å². The number of nitrogens with zero attached hydrogens (tertiary/aromatic N) is 2. The number of aromatic nitrogens is 2. The number of thiazole rings is 1. The third-order valence-corrected chi connectivity index (χ3v) is 4.15. The first kappa shape index (κ1) is 16.1. The Morgan fingerprint density at radius 3 is 2.83 bits per heavy atom. The van der Waals surface area contributed by atoms with Crippen molar-refractivity contribution in [3.05, 3.63) is 59.7 Å². The van der Waals surface area contributed by atoms with Crippen LogP contribution in [0.25, 0.3) is 10.7 Å². The second-order valence-corrected chi connectivity index (χ2v) is 5.87. The summed E-state index contributed by atoms with van der Waals surface area (Å²) in [6.07, 6.45) is 1.94. The second kappa shape index (κ2) is 7.70. The van der Waals surface area contributed by atoms with Crippen molar-refractivity contribution in [1.29, 1.82) is 0 Å². The smallest absolute Gasteiger partial charge is 0.230 e. The Kier molecular flexibility index (Phi) is 5.18. The number of rotatable bonds is 6. The summed E-state index contributed by atoms with van der Waals surface area (Å²) >= 11 is 1.48. The van der Waals surface area contributed by atoms with Crippen LogP contribution >= 0.6 is 11.3 Å². The van der Waals surface area contributed by atoms with E-state index in [9.17, 15) is 4.79 Å². The van der Waals surface area contributed by atoms with Crippen molar-refractivity contribution in [2.24, 2.45) is 0 Å². The third-order valence-electron chi connectivity index (χ3n) is 3.24. The van der Waals surface area contributed by atoms with Gasteiger partial charge in [-0.15, -0.1) is 11.3 Å². The molecular weight excluding hydrogens is 322 g/mol. The lowest BCUT2D eigenvalue weighted by atomic mass is 10.2. The minimum Gasteiger partial charge on any atom is -0.492 e. The number of nitrogens with one attached hydrogen (secondary N) is 1. The standard InChI is InChI=1S/C18H17N3O2S/c1-2-23-16-9-4-3-7-14(16)21-17(22)11-13-12-24-18(20-13)15-8-5-6-10-19-15/h3-10,12H,2,11H2,1H3,(H,21,22). The number of pyridine rings is 1. The molecule has 5 nitrogen and oxygen atoms in total. The molecule has 0 saturated carbocycles. The predicted octanol–water partition coefficient (Wildman–Crippen LogP) is 3.79. The molecule has 1 N–H and O–H groups in total. The van der Waals surface area contributed by atoms with E-state index in [1.54, 1.807) is 6.20 Å². The van der Waals surface area contributed by atoms with Crippen molar-refractivity contribution < 1.29 is 9.53 Å². The highest BCUT2D eigenvalue weighted by Crippen LogP contribution is 2.25. The molecule has 1 amide bonds. The molecule has 0 radical (unpaired) electrons. The summed E-state index contributed by atoms with van der Waals surface area (Å²) in [6.45, 7) is 2.46. The first-order chi connectivity index (χ1) is 11.8. The van der Waals surface area contributed by atoms with Gasteiger partial charge < -0.3 is 10.1 Å². The van der Waals surface area contributed by atoms with Gasteiger partial charge in [-0.05, 0) is 31.2 Å². The van der Waals surface area contributed by atoms with Crippen molar-refractivity contribution >= 4 is 22.9 Å². The minimum atomic E-state index is -0.125. The Bertz CT molecular complexity index is 818. The van der Waals surface area contributed by atoms with Gasteiger partial charge in [-0.25, -0.2) is 4.98 Å². The van der Waals surface area contributed by atoms with Crippen LogP contribution in [0.2, 0.25) is 0 Å². The minimum absolute atomic E-state index is 0.125. The fourth-order valence-electron chi connectivity index (χ4n) is 2.21. The van der Waals surface area contributed by atoms with E-state index in [0.29, 0.717) is 18.0 Å². The first-order valence-electron chi connectivity index (χ1n) is 7.63. The Morgan fingerprint density at radius 1 is 1.21 bits per heavy atom. The zero-order chi connectivity index (χ0) is 16.8. The van der Waals surface area contributed by atoms with Gasteiger partial charge in [-0.1, -0.05) is 18.2 Å². The van der Waals surface area contributed by atoms with Crippen molar-refractivity contribution in [2.45, 2.75) is 13.3 Å². The highest BCUT2D eigenvalue weighted by atomic mass is 32.1. The van der Waals surface area contributed by atoms with E-state index in [-0.39, 0.29) is 12.3 Å². The number of carbonyl (C=O) groups excluding carboxylic acids is 1. The molecule has 2 heterocycles. The van der Waals surface area contributed by atoms with Gasteiger partial charge in [-0.2, -0.15) is 0 Å². The summed E-state index contributed by atoms with van der Waals surface area (Å²) in [5.74, 6) is 0.542. The van der Waals surface area contributed by atoms with E-state index in [0.717, 1.165) is 16.4 Å². The molecule has 0 bridgehead atoms. The molecule has 6 heteroatoms. The van der Waals surface area contributed by atoms with E-state index < -0.39 is 0 Å². The van der Waals surface area contributed by atoms with Crippen LogP contribution < -0.4 is 10.1 Å². The summed E-state index contributed by atoms with van der Waals surface area (Å²) in [6, 6.07) is 13.1. The number of amides is 1. The molecule has 0 aliphatic rings. The summed E-state index contributed by atoms with van der Waals surface area (Å²) in [7, 11) is 0. The van der Waals surface area contributed by atoms with Crippen LogP contribution in [0.5, 0.6) is 5.75 Å². The molecule has 0 aliphatic heterocycles. The molecule has 0 unspecified atom stereocenters. The van der Waals surface area contributed by atoms with Crippen LogP contribution in [-0.4, -0.2) is 22.5 Å². The van der Waals surface area contributed by atoms with Crippen LogP contribution in [0, 0.1) is 0 Å². The van der Waals surface area contributed by atoms with Crippen LogP contribution in [0.3, 0.4) is 0 Å². The van der Waals surface area contributed by atoms with E-state index in [1.165, 1.54) is 11.3 Å². The molecular formula is C18H17N3O2S. The number of anilines is 1. The SMILES string of the molecule is CCOc1ccccc1NC(=O)Cc1csc(-c2ccccn2)n1. The van der Waals surface area contributed by atoms with E-state index in [1.807, 2.05) is 54.8 Å². The Hall–Kier alpha value is -2.73. The average molecular weight is 339 g/mol. The lowest BCUT2D eigenvalue weighted by molar-refractivity contribution is -0.115. The molecule has 0 saturated heterocycles. The van der Waals surface area contributed by atoms with Gasteiger partial charge in [0, 0.05) is 11.6 Å². The number of hydrogen-bond acceptors (Lipinski definition) is 5. The summed E-state index contributed by atoms with van der Waals surface area (Å²) in [5, 5.41) is 5.58. The lowest BCUT2D eigenvalue weighted by Crippen LogP contribution is -2.15. The molecule has 24 heavy (non-hydrogen) atoms.